The van der Waals surface area contributed by atoms with Gasteiger partial charge in [-0.1, -0.05) is 23.7 Å². The van der Waals surface area contributed by atoms with Crippen LogP contribution in [0, 0.1) is 0 Å². The fraction of sp³-hybridized carbons (Fsp3) is 0.611. The third kappa shape index (κ3) is 6.78. The number of benzene rings is 1. The second kappa shape index (κ2) is 8.59. The molecule has 8 heteroatoms. The van der Waals surface area contributed by atoms with E-state index in [2.05, 4.69) is 4.72 Å². The molecule has 1 heterocycles. The minimum atomic E-state index is -3.50. The molecule has 0 bridgehead atoms. The van der Waals surface area contributed by atoms with Crippen LogP contribution in [0.1, 0.15) is 45.6 Å². The van der Waals surface area contributed by atoms with E-state index in [0.29, 0.717) is 17.1 Å². The summed E-state index contributed by atoms with van der Waals surface area (Å²) >= 11 is 5.82. The molecule has 1 N–H and O–H groups in total. The predicted molar refractivity (Wildman–Crippen MR) is 103 cm³/mol. The molecule has 1 amide bonds. The Morgan fingerprint density at radius 1 is 1.27 bits per heavy atom. The molecule has 1 atom stereocenters. The number of nitrogens with one attached hydrogen (secondary N) is 1. The van der Waals surface area contributed by atoms with E-state index in [-0.39, 0.29) is 24.4 Å². The number of rotatable bonds is 5. The molecule has 6 nitrogen and oxygen atoms in total. The summed E-state index contributed by atoms with van der Waals surface area (Å²) in [6.07, 6.45) is 2.22. The van der Waals surface area contributed by atoms with Crippen molar-refractivity contribution in [2.24, 2.45) is 0 Å². The Hall–Kier alpha value is -1.31. The molecular formula is C18H27ClN2O4S. The normalized spacial score (nSPS) is 18.6. The van der Waals surface area contributed by atoms with Crippen LogP contribution in [0.4, 0.5) is 4.79 Å². The second-order valence-electron chi connectivity index (χ2n) is 7.56. The molecule has 1 aromatic rings. The molecule has 1 fully saturated rings. The van der Waals surface area contributed by atoms with Crippen LogP contribution in [-0.4, -0.2) is 44.1 Å². The van der Waals surface area contributed by atoms with E-state index < -0.39 is 15.6 Å². The number of carbonyl (C=O) groups is 1. The van der Waals surface area contributed by atoms with Crippen molar-refractivity contribution in [1.29, 1.82) is 0 Å². The van der Waals surface area contributed by atoms with Gasteiger partial charge in [0.25, 0.3) is 0 Å². The Kier molecular flexibility index (Phi) is 6.93. The highest BCUT2D eigenvalue weighted by Crippen LogP contribution is 2.20. The standard InChI is InChI=1S/C18H27ClN2O4S/c1-18(2,3)25-17(22)21-11-5-4-6-16(21)12-20-26(23,24)13-14-7-9-15(19)10-8-14/h7-10,16,20H,4-6,11-13H2,1-3H3. The number of ether oxygens (including phenoxy) is 1. The fourth-order valence-electron chi connectivity index (χ4n) is 2.85. The number of carbonyl (C=O) groups excluding carboxylic acids is 1. The van der Waals surface area contributed by atoms with Crippen molar-refractivity contribution < 1.29 is 17.9 Å². The number of hydrogen-bond acceptors (Lipinski definition) is 4. The number of amides is 1. The van der Waals surface area contributed by atoms with E-state index in [9.17, 15) is 13.2 Å². The highest BCUT2D eigenvalue weighted by Gasteiger charge is 2.31. The Balaban J connectivity index is 1.96. The predicted octanol–water partition coefficient (Wildman–Crippen LogP) is 3.55. The SMILES string of the molecule is CC(C)(C)OC(=O)N1CCCCC1CNS(=O)(=O)Cc1ccc(Cl)cc1. The first-order chi connectivity index (χ1) is 12.1. The highest BCUT2D eigenvalue weighted by molar-refractivity contribution is 7.88. The lowest BCUT2D eigenvalue weighted by atomic mass is 10.0. The molecule has 26 heavy (non-hydrogen) atoms. The summed E-state index contributed by atoms with van der Waals surface area (Å²) in [4.78, 5) is 14.0. The monoisotopic (exact) mass is 402 g/mol. The van der Waals surface area contributed by atoms with Crippen LogP contribution < -0.4 is 4.72 Å². The lowest BCUT2D eigenvalue weighted by Crippen LogP contribution is -2.50. The summed E-state index contributed by atoms with van der Waals surface area (Å²) in [5, 5.41) is 0.564. The zero-order valence-corrected chi connectivity index (χ0v) is 17.1. The van der Waals surface area contributed by atoms with E-state index in [1.807, 2.05) is 20.8 Å². The number of likely N-dealkylation sites (tertiary alicyclic amines) is 1. The molecule has 0 aliphatic carbocycles. The molecule has 1 aliphatic rings. The molecule has 0 spiro atoms. The van der Waals surface area contributed by atoms with Gasteiger partial charge in [0.15, 0.2) is 0 Å². The van der Waals surface area contributed by atoms with E-state index in [0.717, 1.165) is 19.3 Å². The van der Waals surface area contributed by atoms with E-state index >= 15 is 0 Å². The minimum absolute atomic E-state index is 0.122. The first kappa shape index (κ1) is 21.0. The summed E-state index contributed by atoms with van der Waals surface area (Å²) in [6.45, 7) is 6.23. The highest BCUT2D eigenvalue weighted by atomic mass is 35.5. The van der Waals surface area contributed by atoms with Gasteiger partial charge in [0.05, 0.1) is 5.75 Å². The van der Waals surface area contributed by atoms with Crippen LogP contribution in [0.25, 0.3) is 0 Å². The van der Waals surface area contributed by atoms with E-state index in [4.69, 9.17) is 16.3 Å². The Labute approximate surface area is 160 Å². The summed E-state index contributed by atoms with van der Waals surface area (Å²) < 4.78 is 32.8. The van der Waals surface area contributed by atoms with Gasteiger partial charge < -0.3 is 9.64 Å². The molecule has 1 saturated heterocycles. The quantitative estimate of drug-likeness (QED) is 0.817. The van der Waals surface area contributed by atoms with Crippen molar-refractivity contribution in [2.75, 3.05) is 13.1 Å². The largest absolute Gasteiger partial charge is 0.444 e. The van der Waals surface area contributed by atoms with Gasteiger partial charge in [0.2, 0.25) is 10.0 Å². The summed E-state index contributed by atoms with van der Waals surface area (Å²) in [7, 11) is -3.50. The van der Waals surface area contributed by atoms with Crippen molar-refractivity contribution in [1.82, 2.24) is 9.62 Å². The lowest BCUT2D eigenvalue weighted by molar-refractivity contribution is 0.0105. The number of halogens is 1. The van der Waals surface area contributed by atoms with Gasteiger partial charge in [0, 0.05) is 24.2 Å². The average Bonchev–Trinajstić information content (AvgIpc) is 2.54. The van der Waals surface area contributed by atoms with E-state index in [1.165, 1.54) is 0 Å². The Morgan fingerprint density at radius 3 is 2.54 bits per heavy atom. The lowest BCUT2D eigenvalue weighted by Gasteiger charge is -2.36. The molecule has 0 saturated carbocycles. The topological polar surface area (TPSA) is 75.7 Å². The van der Waals surface area contributed by atoms with Gasteiger partial charge in [-0.05, 0) is 57.7 Å². The van der Waals surface area contributed by atoms with E-state index in [1.54, 1.807) is 29.2 Å². The van der Waals surface area contributed by atoms with Gasteiger partial charge in [-0.25, -0.2) is 17.9 Å². The number of hydrogen-bond donors (Lipinski definition) is 1. The van der Waals surface area contributed by atoms with Crippen molar-refractivity contribution >= 4 is 27.7 Å². The molecule has 1 aromatic carbocycles. The maximum absolute atomic E-state index is 12.4. The van der Waals surface area contributed by atoms with Crippen LogP contribution >= 0.6 is 11.6 Å². The second-order valence-corrected chi connectivity index (χ2v) is 9.80. The molecule has 1 unspecified atom stereocenters. The van der Waals surface area contributed by atoms with Crippen molar-refractivity contribution in [3.05, 3.63) is 34.9 Å². The van der Waals surface area contributed by atoms with Gasteiger partial charge >= 0.3 is 6.09 Å². The zero-order valence-electron chi connectivity index (χ0n) is 15.5. The van der Waals surface area contributed by atoms with Gasteiger partial charge in [0.1, 0.15) is 5.60 Å². The van der Waals surface area contributed by atoms with Crippen LogP contribution in [0.2, 0.25) is 5.02 Å². The first-order valence-corrected chi connectivity index (χ1v) is 10.8. The molecule has 2 rings (SSSR count). The third-order valence-corrected chi connectivity index (χ3v) is 5.64. The van der Waals surface area contributed by atoms with Crippen molar-refractivity contribution in [3.63, 3.8) is 0 Å². The zero-order chi connectivity index (χ0) is 19.4. The minimum Gasteiger partial charge on any atom is -0.444 e. The maximum atomic E-state index is 12.4. The van der Waals surface area contributed by atoms with Crippen LogP contribution in [0.5, 0.6) is 0 Å². The smallest absolute Gasteiger partial charge is 0.410 e. The van der Waals surface area contributed by atoms with Gasteiger partial charge in [-0.15, -0.1) is 0 Å². The van der Waals surface area contributed by atoms with Crippen LogP contribution in [0.3, 0.4) is 0 Å². The molecule has 1 aliphatic heterocycles. The molecule has 0 radical (unpaired) electrons. The number of piperidine rings is 1. The van der Waals surface area contributed by atoms with Crippen molar-refractivity contribution in [2.45, 2.75) is 57.4 Å². The van der Waals surface area contributed by atoms with Gasteiger partial charge in [-0.2, -0.15) is 0 Å². The third-order valence-electron chi connectivity index (χ3n) is 4.06. The summed E-state index contributed by atoms with van der Waals surface area (Å²) in [5.74, 6) is -0.122. The maximum Gasteiger partial charge on any atom is 0.410 e. The van der Waals surface area contributed by atoms with Gasteiger partial charge in [-0.3, -0.25) is 0 Å². The summed E-state index contributed by atoms with van der Waals surface area (Å²) in [6, 6.07) is 6.51. The van der Waals surface area contributed by atoms with Crippen LogP contribution in [-0.2, 0) is 20.5 Å². The molecular weight excluding hydrogens is 376 g/mol. The van der Waals surface area contributed by atoms with Crippen LogP contribution in [0.15, 0.2) is 24.3 Å². The fourth-order valence-corrected chi connectivity index (χ4v) is 4.15. The molecule has 0 aromatic heterocycles. The summed E-state index contributed by atoms with van der Waals surface area (Å²) in [5.41, 5.74) is 0.0854. The Bertz CT molecular complexity index is 714. The number of nitrogens with zero attached hydrogens (tertiary/aromatic N) is 1. The average molecular weight is 403 g/mol. The number of sulfonamides is 1. The Morgan fingerprint density at radius 2 is 1.92 bits per heavy atom. The molecule has 146 valence electrons. The first-order valence-electron chi connectivity index (χ1n) is 8.77. The van der Waals surface area contributed by atoms with Crippen molar-refractivity contribution in [3.8, 4) is 0 Å².